The number of aromatic nitrogens is 4. The fraction of sp³-hybridized carbons (Fsp3) is 0. The summed E-state index contributed by atoms with van der Waals surface area (Å²) in [6, 6.07) is 1.74. The molecule has 0 unspecified atom stereocenters. The van der Waals surface area contributed by atoms with Crippen LogP contribution in [0.2, 0.25) is 0 Å². The Morgan fingerprint density at radius 3 is 3.07 bits per heavy atom. The van der Waals surface area contributed by atoms with Crippen LogP contribution in [0.4, 0.5) is 0 Å². The largest absolute Gasteiger partial charge is 0.337 e. The molecular formula is C10H6N4O. The zero-order valence-electron chi connectivity index (χ0n) is 7.64. The Morgan fingerprint density at radius 1 is 1.27 bits per heavy atom. The summed E-state index contributed by atoms with van der Waals surface area (Å²) < 4.78 is 0. The summed E-state index contributed by atoms with van der Waals surface area (Å²) in [6.07, 6.45) is 5.62. The zero-order valence-corrected chi connectivity index (χ0v) is 7.64. The highest BCUT2D eigenvalue weighted by Gasteiger charge is 2.06. The molecule has 0 aliphatic rings. The number of carbonyl (C=O) groups excluding carboxylic acids is 1. The predicted octanol–water partition coefficient (Wildman–Crippen LogP) is 1.32. The molecule has 5 nitrogen and oxygen atoms in total. The van der Waals surface area contributed by atoms with Gasteiger partial charge >= 0.3 is 0 Å². The lowest BCUT2D eigenvalue weighted by Crippen LogP contribution is -1.84. The molecule has 3 aromatic rings. The van der Waals surface area contributed by atoms with Gasteiger partial charge in [-0.25, -0.2) is 15.0 Å². The molecule has 0 bridgehead atoms. The van der Waals surface area contributed by atoms with Crippen LogP contribution in [-0.4, -0.2) is 26.2 Å². The molecule has 72 valence electrons. The van der Waals surface area contributed by atoms with Crippen molar-refractivity contribution in [2.45, 2.75) is 0 Å². The van der Waals surface area contributed by atoms with Crippen molar-refractivity contribution in [1.29, 1.82) is 0 Å². The Hall–Kier alpha value is -2.30. The summed E-state index contributed by atoms with van der Waals surface area (Å²) in [4.78, 5) is 25.8. The molecule has 0 spiro atoms. The van der Waals surface area contributed by atoms with Gasteiger partial charge in [0.2, 0.25) is 0 Å². The Morgan fingerprint density at radius 2 is 2.20 bits per heavy atom. The standard InChI is InChI=1S/C10H6N4O/c15-4-7-1-8-9-6(2-11-5-13-9)3-12-10(8)14-7/h1-5H,(H,12,14). The lowest BCUT2D eigenvalue weighted by atomic mass is 10.2. The van der Waals surface area contributed by atoms with Gasteiger partial charge < -0.3 is 4.98 Å². The van der Waals surface area contributed by atoms with Crippen LogP contribution < -0.4 is 0 Å². The van der Waals surface area contributed by atoms with Crippen LogP contribution in [0.25, 0.3) is 21.9 Å². The van der Waals surface area contributed by atoms with Crippen LogP contribution in [0.3, 0.4) is 0 Å². The summed E-state index contributed by atoms with van der Waals surface area (Å²) in [5.74, 6) is 0. The van der Waals surface area contributed by atoms with Crippen molar-refractivity contribution in [3.63, 3.8) is 0 Å². The SMILES string of the molecule is O=Cc1cc2c(ncc3cncnc32)[nH]1. The number of hydrogen-bond acceptors (Lipinski definition) is 4. The lowest BCUT2D eigenvalue weighted by molar-refractivity contribution is 0.112. The first-order valence-electron chi connectivity index (χ1n) is 4.41. The maximum absolute atomic E-state index is 10.6. The van der Waals surface area contributed by atoms with Crippen LogP contribution in [0, 0.1) is 0 Å². The van der Waals surface area contributed by atoms with Crippen molar-refractivity contribution in [3.8, 4) is 0 Å². The molecule has 0 atom stereocenters. The summed E-state index contributed by atoms with van der Waals surface area (Å²) in [5.41, 5.74) is 1.98. The summed E-state index contributed by atoms with van der Waals surface area (Å²) >= 11 is 0. The highest BCUT2D eigenvalue weighted by molar-refractivity contribution is 6.03. The second-order valence-electron chi connectivity index (χ2n) is 3.19. The van der Waals surface area contributed by atoms with Crippen molar-refractivity contribution in [3.05, 3.63) is 30.5 Å². The minimum atomic E-state index is 0.503. The first-order chi connectivity index (χ1) is 7.38. The highest BCUT2D eigenvalue weighted by Crippen LogP contribution is 2.20. The van der Waals surface area contributed by atoms with Gasteiger partial charge in [-0.2, -0.15) is 0 Å². The maximum atomic E-state index is 10.6. The molecule has 0 radical (unpaired) electrons. The van der Waals surface area contributed by atoms with Gasteiger partial charge in [-0.3, -0.25) is 4.79 Å². The van der Waals surface area contributed by atoms with Gasteiger partial charge in [-0.1, -0.05) is 0 Å². The molecule has 1 N–H and O–H groups in total. The molecule has 0 saturated heterocycles. The molecule has 0 fully saturated rings. The zero-order chi connectivity index (χ0) is 10.3. The van der Waals surface area contributed by atoms with E-state index in [0.29, 0.717) is 11.3 Å². The third-order valence-corrected chi connectivity index (χ3v) is 2.27. The number of pyridine rings is 1. The Kier molecular flexibility index (Phi) is 1.53. The Bertz CT molecular complexity index is 659. The number of aldehydes is 1. The number of aromatic amines is 1. The first kappa shape index (κ1) is 8.05. The van der Waals surface area contributed by atoms with Gasteiger partial charge in [-0.05, 0) is 6.07 Å². The number of nitrogens with zero attached hydrogens (tertiary/aromatic N) is 3. The summed E-state index contributed by atoms with van der Waals surface area (Å²) in [7, 11) is 0. The smallest absolute Gasteiger partial charge is 0.166 e. The number of hydrogen-bond donors (Lipinski definition) is 1. The van der Waals surface area contributed by atoms with E-state index in [1.165, 1.54) is 6.33 Å². The van der Waals surface area contributed by atoms with E-state index in [1.807, 2.05) is 0 Å². The fourth-order valence-corrected chi connectivity index (χ4v) is 1.60. The Balaban J connectivity index is 2.52. The number of fused-ring (bicyclic) bond motifs is 3. The van der Waals surface area contributed by atoms with Gasteiger partial charge in [0, 0.05) is 23.2 Å². The van der Waals surface area contributed by atoms with Gasteiger partial charge in [0.05, 0.1) is 11.2 Å². The maximum Gasteiger partial charge on any atom is 0.166 e. The van der Waals surface area contributed by atoms with E-state index in [-0.39, 0.29) is 0 Å². The second-order valence-corrected chi connectivity index (χ2v) is 3.19. The van der Waals surface area contributed by atoms with Crippen LogP contribution in [0.1, 0.15) is 10.5 Å². The average molecular weight is 198 g/mol. The third-order valence-electron chi connectivity index (χ3n) is 2.27. The minimum absolute atomic E-state index is 0.503. The van der Waals surface area contributed by atoms with Crippen LogP contribution in [-0.2, 0) is 0 Å². The quantitative estimate of drug-likeness (QED) is 0.598. The van der Waals surface area contributed by atoms with Crippen molar-refractivity contribution >= 4 is 28.2 Å². The normalized spacial score (nSPS) is 10.9. The summed E-state index contributed by atoms with van der Waals surface area (Å²) in [6.45, 7) is 0. The van der Waals surface area contributed by atoms with Crippen molar-refractivity contribution < 1.29 is 4.79 Å². The van der Waals surface area contributed by atoms with Crippen LogP contribution in [0.5, 0.6) is 0 Å². The van der Waals surface area contributed by atoms with Crippen LogP contribution >= 0.6 is 0 Å². The monoisotopic (exact) mass is 198 g/mol. The van der Waals surface area contributed by atoms with E-state index in [4.69, 9.17) is 0 Å². The van der Waals surface area contributed by atoms with Gasteiger partial charge in [0.25, 0.3) is 0 Å². The average Bonchev–Trinajstić information content (AvgIpc) is 2.72. The lowest BCUT2D eigenvalue weighted by Gasteiger charge is -1.95. The summed E-state index contributed by atoms with van der Waals surface area (Å²) in [5, 5.41) is 1.71. The number of carbonyl (C=O) groups is 1. The molecule has 0 saturated carbocycles. The van der Waals surface area contributed by atoms with Crippen molar-refractivity contribution in [2.24, 2.45) is 0 Å². The molecule has 5 heteroatoms. The van der Waals surface area contributed by atoms with Gasteiger partial charge in [-0.15, -0.1) is 0 Å². The first-order valence-corrected chi connectivity index (χ1v) is 4.41. The van der Waals surface area contributed by atoms with Gasteiger partial charge in [0.1, 0.15) is 12.0 Å². The molecule has 0 aliphatic heterocycles. The van der Waals surface area contributed by atoms with E-state index >= 15 is 0 Å². The molecule has 0 aromatic carbocycles. The molecular weight excluding hydrogens is 192 g/mol. The fourth-order valence-electron chi connectivity index (χ4n) is 1.60. The van der Waals surface area contributed by atoms with E-state index in [0.717, 1.165) is 22.6 Å². The number of H-pyrrole nitrogens is 1. The highest BCUT2D eigenvalue weighted by atomic mass is 16.1. The van der Waals surface area contributed by atoms with E-state index < -0.39 is 0 Å². The van der Waals surface area contributed by atoms with E-state index in [9.17, 15) is 4.79 Å². The minimum Gasteiger partial charge on any atom is -0.337 e. The predicted molar refractivity (Wildman–Crippen MR) is 54.6 cm³/mol. The molecule has 15 heavy (non-hydrogen) atoms. The van der Waals surface area contributed by atoms with E-state index in [2.05, 4.69) is 19.9 Å². The van der Waals surface area contributed by atoms with Crippen LogP contribution in [0.15, 0.2) is 24.8 Å². The molecule has 3 rings (SSSR count). The molecule has 0 amide bonds. The number of rotatable bonds is 1. The Labute approximate surface area is 84.2 Å². The molecule has 3 aromatic heterocycles. The molecule has 0 aliphatic carbocycles. The number of nitrogens with one attached hydrogen (secondary N) is 1. The van der Waals surface area contributed by atoms with Crippen molar-refractivity contribution in [2.75, 3.05) is 0 Å². The second kappa shape index (κ2) is 2.84. The van der Waals surface area contributed by atoms with Crippen molar-refractivity contribution in [1.82, 2.24) is 19.9 Å². The topological polar surface area (TPSA) is 71.5 Å². The molecule has 3 heterocycles. The van der Waals surface area contributed by atoms with Gasteiger partial charge in [0.15, 0.2) is 6.29 Å². The van der Waals surface area contributed by atoms with E-state index in [1.54, 1.807) is 18.5 Å². The third kappa shape index (κ3) is 1.10.